The second kappa shape index (κ2) is 4.59. The van der Waals surface area contributed by atoms with Crippen molar-refractivity contribution in [2.75, 3.05) is 13.2 Å². The maximum absolute atomic E-state index is 11.6. The van der Waals surface area contributed by atoms with Crippen LogP contribution in [0.5, 0.6) is 0 Å². The van der Waals surface area contributed by atoms with Crippen LogP contribution >= 0.6 is 0 Å². The van der Waals surface area contributed by atoms with Crippen molar-refractivity contribution >= 4 is 11.9 Å². The number of nitrogens with one attached hydrogen (secondary N) is 1. The largest absolute Gasteiger partial charge is 0.394 e. The number of carbonyl (C=O) groups excluding carboxylic acids is 2. The molecule has 0 spiro atoms. The average molecular weight is 244 g/mol. The second-order valence-corrected chi connectivity index (χ2v) is 4.46. The van der Waals surface area contributed by atoms with E-state index in [0.29, 0.717) is 0 Å². The summed E-state index contributed by atoms with van der Waals surface area (Å²) in [7, 11) is 0. The number of hydrogen-bond donors (Lipinski definition) is 3. The lowest BCUT2D eigenvalue weighted by Crippen LogP contribution is -2.57. The lowest BCUT2D eigenvalue weighted by molar-refractivity contribution is -0.128. The van der Waals surface area contributed by atoms with E-state index in [9.17, 15) is 14.7 Å². The van der Waals surface area contributed by atoms with Crippen molar-refractivity contribution in [3.8, 4) is 0 Å². The Hall–Kier alpha value is -1.18. The van der Waals surface area contributed by atoms with E-state index in [0.717, 1.165) is 0 Å². The Bertz CT molecular complexity index is 335. The average Bonchev–Trinajstić information content (AvgIpc) is 2.65. The maximum Gasteiger partial charge on any atom is 0.326 e. The third-order valence-electron chi connectivity index (χ3n) is 3.14. The van der Waals surface area contributed by atoms with Gasteiger partial charge in [0.1, 0.15) is 12.3 Å². The molecule has 17 heavy (non-hydrogen) atoms. The summed E-state index contributed by atoms with van der Waals surface area (Å²) in [6.45, 7) is 1.69. The predicted molar refractivity (Wildman–Crippen MR) is 55.8 cm³/mol. The van der Waals surface area contributed by atoms with Crippen LogP contribution in [-0.2, 0) is 9.53 Å². The minimum atomic E-state index is -0.786. The van der Waals surface area contributed by atoms with E-state index in [1.165, 1.54) is 4.90 Å². The van der Waals surface area contributed by atoms with E-state index in [2.05, 4.69) is 5.32 Å². The first-order valence-corrected chi connectivity index (χ1v) is 5.58. The lowest BCUT2D eigenvalue weighted by Gasteiger charge is -2.34. The standard InChI is InChI=1S/C10H16N2O5/c1-5-3-12(10(16)11-9(5)15)8-2-6(14)7(4-13)17-8/h5-8,13-14H,2-4H2,1H3,(H,11,15,16)/t5-,6+,7-,8-/m0/s1. The molecular formula is C10H16N2O5. The van der Waals surface area contributed by atoms with Gasteiger partial charge in [-0.3, -0.25) is 15.0 Å². The summed E-state index contributed by atoms with van der Waals surface area (Å²) in [6.07, 6.45) is -1.79. The van der Waals surface area contributed by atoms with Gasteiger partial charge < -0.3 is 14.9 Å². The fourth-order valence-corrected chi connectivity index (χ4v) is 2.08. The molecule has 2 aliphatic heterocycles. The molecule has 0 aromatic carbocycles. The van der Waals surface area contributed by atoms with Gasteiger partial charge in [0, 0.05) is 13.0 Å². The van der Waals surface area contributed by atoms with Crippen LogP contribution in [0.25, 0.3) is 0 Å². The molecule has 2 heterocycles. The quantitative estimate of drug-likeness (QED) is 0.557. The normalized spacial score (nSPS) is 38.4. The van der Waals surface area contributed by atoms with E-state index in [4.69, 9.17) is 9.84 Å². The van der Waals surface area contributed by atoms with Gasteiger partial charge >= 0.3 is 6.03 Å². The number of hydrogen-bond acceptors (Lipinski definition) is 5. The van der Waals surface area contributed by atoms with E-state index in [1.807, 2.05) is 0 Å². The van der Waals surface area contributed by atoms with Crippen molar-refractivity contribution in [3.05, 3.63) is 0 Å². The zero-order valence-electron chi connectivity index (χ0n) is 9.50. The molecule has 0 unspecified atom stereocenters. The summed E-state index contributed by atoms with van der Waals surface area (Å²) >= 11 is 0. The maximum atomic E-state index is 11.6. The Morgan fingerprint density at radius 2 is 2.24 bits per heavy atom. The molecule has 2 saturated heterocycles. The highest BCUT2D eigenvalue weighted by Gasteiger charge is 2.41. The third kappa shape index (κ3) is 2.26. The molecule has 0 bridgehead atoms. The van der Waals surface area contributed by atoms with Crippen LogP contribution in [0, 0.1) is 5.92 Å². The Morgan fingerprint density at radius 1 is 1.53 bits per heavy atom. The van der Waals surface area contributed by atoms with Crippen LogP contribution in [0.4, 0.5) is 4.79 Å². The zero-order valence-corrected chi connectivity index (χ0v) is 9.50. The molecule has 0 aliphatic carbocycles. The number of urea groups is 1. The third-order valence-corrected chi connectivity index (χ3v) is 3.14. The van der Waals surface area contributed by atoms with Crippen molar-refractivity contribution in [3.63, 3.8) is 0 Å². The molecular weight excluding hydrogens is 228 g/mol. The molecule has 0 aromatic heterocycles. The zero-order chi connectivity index (χ0) is 12.6. The van der Waals surface area contributed by atoms with Gasteiger partial charge in [-0.05, 0) is 0 Å². The summed E-state index contributed by atoms with van der Waals surface area (Å²) in [5.74, 6) is -0.606. The first-order valence-electron chi connectivity index (χ1n) is 5.58. The van der Waals surface area contributed by atoms with Crippen molar-refractivity contribution < 1.29 is 24.5 Å². The SMILES string of the molecule is C[C@H]1CN([C@@H]2C[C@@H](O)[C@H](CO)O2)C(=O)NC1=O. The number of ether oxygens (including phenoxy) is 1. The number of aliphatic hydroxyl groups excluding tert-OH is 2. The number of nitrogens with zero attached hydrogens (tertiary/aromatic N) is 1. The number of rotatable bonds is 2. The Labute approximate surface area is 98.3 Å². The van der Waals surface area contributed by atoms with Crippen molar-refractivity contribution in [2.45, 2.75) is 31.8 Å². The van der Waals surface area contributed by atoms with Gasteiger partial charge in [0.05, 0.1) is 18.6 Å². The minimum absolute atomic E-state index is 0.250. The molecule has 96 valence electrons. The number of imide groups is 1. The Kier molecular flexibility index (Phi) is 3.32. The van der Waals surface area contributed by atoms with Crippen molar-refractivity contribution in [2.24, 2.45) is 5.92 Å². The van der Waals surface area contributed by atoms with Gasteiger partial charge in [-0.2, -0.15) is 0 Å². The fraction of sp³-hybridized carbons (Fsp3) is 0.800. The predicted octanol–water partition coefficient (Wildman–Crippen LogP) is -1.36. The van der Waals surface area contributed by atoms with Crippen LogP contribution in [0.15, 0.2) is 0 Å². The molecule has 3 N–H and O–H groups in total. The molecule has 0 radical (unpaired) electrons. The Morgan fingerprint density at radius 3 is 2.82 bits per heavy atom. The fourth-order valence-electron chi connectivity index (χ4n) is 2.08. The van der Waals surface area contributed by atoms with Crippen LogP contribution in [-0.4, -0.2) is 58.6 Å². The molecule has 2 rings (SSSR count). The summed E-state index contributed by atoms with van der Waals surface area (Å²) in [5.41, 5.74) is 0. The molecule has 2 fully saturated rings. The number of carbonyl (C=O) groups is 2. The molecule has 7 nitrogen and oxygen atoms in total. The van der Waals surface area contributed by atoms with E-state index in [1.54, 1.807) is 6.92 Å². The first-order chi connectivity index (χ1) is 8.02. The molecule has 0 saturated carbocycles. The van der Waals surface area contributed by atoms with Crippen molar-refractivity contribution in [1.82, 2.24) is 10.2 Å². The Balaban J connectivity index is 2.03. The number of amides is 3. The summed E-state index contributed by atoms with van der Waals surface area (Å²) in [5, 5.41) is 20.8. The highest BCUT2D eigenvalue weighted by atomic mass is 16.5. The van der Waals surface area contributed by atoms with E-state index in [-0.39, 0.29) is 31.4 Å². The van der Waals surface area contributed by atoms with E-state index >= 15 is 0 Å². The second-order valence-electron chi connectivity index (χ2n) is 4.46. The van der Waals surface area contributed by atoms with Crippen LogP contribution < -0.4 is 5.32 Å². The number of aliphatic hydroxyl groups is 2. The van der Waals surface area contributed by atoms with Crippen LogP contribution in [0.3, 0.4) is 0 Å². The van der Waals surface area contributed by atoms with Gasteiger partial charge in [0.25, 0.3) is 0 Å². The van der Waals surface area contributed by atoms with Crippen LogP contribution in [0.1, 0.15) is 13.3 Å². The molecule has 0 aromatic rings. The molecule has 2 aliphatic rings. The highest BCUT2D eigenvalue weighted by Crippen LogP contribution is 2.25. The van der Waals surface area contributed by atoms with Gasteiger partial charge in [0.15, 0.2) is 0 Å². The monoisotopic (exact) mass is 244 g/mol. The minimum Gasteiger partial charge on any atom is -0.394 e. The summed E-state index contributed by atoms with van der Waals surface area (Å²) < 4.78 is 5.37. The van der Waals surface area contributed by atoms with E-state index < -0.39 is 24.5 Å². The molecule has 4 atom stereocenters. The topological polar surface area (TPSA) is 99.1 Å². The summed E-state index contributed by atoms with van der Waals surface area (Å²) in [4.78, 5) is 24.2. The van der Waals surface area contributed by atoms with Gasteiger partial charge in [-0.15, -0.1) is 0 Å². The summed E-state index contributed by atoms with van der Waals surface area (Å²) in [6, 6.07) is -0.510. The molecule has 7 heteroatoms. The smallest absolute Gasteiger partial charge is 0.326 e. The lowest BCUT2D eigenvalue weighted by atomic mass is 10.1. The highest BCUT2D eigenvalue weighted by molar-refractivity contribution is 5.97. The van der Waals surface area contributed by atoms with Crippen molar-refractivity contribution in [1.29, 1.82) is 0 Å². The van der Waals surface area contributed by atoms with Gasteiger partial charge in [0.2, 0.25) is 5.91 Å². The first kappa shape index (κ1) is 12.3. The van der Waals surface area contributed by atoms with Gasteiger partial charge in [-0.1, -0.05) is 6.92 Å². The van der Waals surface area contributed by atoms with Crippen LogP contribution in [0.2, 0.25) is 0 Å². The molecule has 3 amide bonds. The van der Waals surface area contributed by atoms with Gasteiger partial charge in [-0.25, -0.2) is 4.79 Å².